The second-order valence-electron chi connectivity index (χ2n) is 7.57. The molecule has 1 amide bonds. The van der Waals surface area contributed by atoms with Gasteiger partial charge in [0, 0.05) is 24.0 Å². The first-order chi connectivity index (χ1) is 14.0. The summed E-state index contributed by atoms with van der Waals surface area (Å²) < 4.78 is 0. The van der Waals surface area contributed by atoms with Crippen LogP contribution in [0.25, 0.3) is 11.3 Å². The summed E-state index contributed by atoms with van der Waals surface area (Å²) in [6.07, 6.45) is 5.85. The Morgan fingerprint density at radius 2 is 2.14 bits per heavy atom. The van der Waals surface area contributed by atoms with Gasteiger partial charge in [0.25, 0.3) is 5.91 Å². The number of carbonyl (C=O) groups excluding carboxylic acids is 1. The van der Waals surface area contributed by atoms with Crippen molar-refractivity contribution >= 4 is 11.9 Å². The van der Waals surface area contributed by atoms with E-state index in [1.165, 1.54) is 0 Å². The number of aromatic nitrogens is 3. The summed E-state index contributed by atoms with van der Waals surface area (Å²) in [7, 11) is 0. The highest BCUT2D eigenvalue weighted by Crippen LogP contribution is 2.26. The molecule has 0 bridgehead atoms. The number of hydrogen-bond acceptors (Lipinski definition) is 5. The second-order valence-corrected chi connectivity index (χ2v) is 7.57. The zero-order valence-corrected chi connectivity index (χ0v) is 16.6. The van der Waals surface area contributed by atoms with Gasteiger partial charge in [0.2, 0.25) is 5.95 Å². The minimum absolute atomic E-state index is 0.177. The zero-order chi connectivity index (χ0) is 20.4. The van der Waals surface area contributed by atoms with Crippen LogP contribution in [0, 0.1) is 13.8 Å². The molecule has 0 spiro atoms. The summed E-state index contributed by atoms with van der Waals surface area (Å²) in [5, 5.41) is 15.9. The highest BCUT2D eigenvalue weighted by atomic mass is 16.3. The van der Waals surface area contributed by atoms with E-state index >= 15 is 0 Å². The Bertz CT molecular complexity index is 1030. The first-order valence-corrected chi connectivity index (χ1v) is 9.80. The van der Waals surface area contributed by atoms with Gasteiger partial charge in [-0.15, -0.1) is 0 Å². The zero-order valence-electron chi connectivity index (χ0n) is 16.6. The third kappa shape index (κ3) is 4.46. The predicted octanol–water partition coefficient (Wildman–Crippen LogP) is 3.13. The summed E-state index contributed by atoms with van der Waals surface area (Å²) in [5.74, 6) is 0.333. The maximum Gasteiger partial charge on any atom is 0.268 e. The molecule has 0 saturated heterocycles. The van der Waals surface area contributed by atoms with Crippen molar-refractivity contribution in [3.63, 3.8) is 0 Å². The Morgan fingerprint density at radius 1 is 1.31 bits per heavy atom. The van der Waals surface area contributed by atoms with Gasteiger partial charge in [-0.1, -0.05) is 29.8 Å². The Labute approximate surface area is 169 Å². The summed E-state index contributed by atoms with van der Waals surface area (Å²) in [5.41, 5.74) is 4.91. The van der Waals surface area contributed by atoms with Crippen molar-refractivity contribution in [2.24, 2.45) is 0 Å². The fourth-order valence-corrected chi connectivity index (χ4v) is 3.23. The van der Waals surface area contributed by atoms with E-state index in [1.807, 2.05) is 38.1 Å². The Kier molecular flexibility index (Phi) is 5.31. The first kappa shape index (κ1) is 19.1. The van der Waals surface area contributed by atoms with Gasteiger partial charge in [0.05, 0.1) is 18.3 Å². The molecule has 3 aromatic rings. The average molecular weight is 391 g/mol. The van der Waals surface area contributed by atoms with Crippen LogP contribution in [0.3, 0.4) is 0 Å². The van der Waals surface area contributed by atoms with Crippen molar-refractivity contribution in [3.8, 4) is 11.3 Å². The quantitative estimate of drug-likeness (QED) is 0.496. The van der Waals surface area contributed by atoms with Crippen molar-refractivity contribution < 1.29 is 9.90 Å². The topological polar surface area (TPSA) is 103 Å². The number of amides is 1. The molecule has 1 saturated carbocycles. The van der Waals surface area contributed by atoms with Gasteiger partial charge in [0.1, 0.15) is 5.69 Å². The van der Waals surface area contributed by atoms with Crippen molar-refractivity contribution in [3.05, 3.63) is 65.1 Å². The maximum atomic E-state index is 12.7. The fourth-order valence-electron chi connectivity index (χ4n) is 3.23. The number of anilines is 1. The van der Waals surface area contributed by atoms with Crippen LogP contribution < -0.4 is 10.6 Å². The first-order valence-electron chi connectivity index (χ1n) is 9.80. The molecule has 1 unspecified atom stereocenters. The standard InChI is InChI=1S/C22H25N5O2/c1-13-4-3-5-15(8-13)19(12-28)26-21(29)18-9-16(11-23-18)20-14(2)10-24-22(27-20)25-17-6-7-17/h3-5,8-11,17,19,23,28H,6-7,12H2,1-2H3,(H,26,29)(H,24,25,27). The molecule has 4 N–H and O–H groups in total. The summed E-state index contributed by atoms with van der Waals surface area (Å²) in [6.45, 7) is 3.75. The van der Waals surface area contributed by atoms with E-state index < -0.39 is 6.04 Å². The largest absolute Gasteiger partial charge is 0.394 e. The lowest BCUT2D eigenvalue weighted by Gasteiger charge is -2.16. The number of carbonyl (C=O) groups is 1. The van der Waals surface area contributed by atoms with Crippen LogP contribution in [0.5, 0.6) is 0 Å². The molecule has 1 aliphatic rings. The molecule has 0 aliphatic heterocycles. The van der Waals surface area contributed by atoms with Crippen LogP contribution in [0.15, 0.2) is 42.7 Å². The van der Waals surface area contributed by atoms with E-state index in [4.69, 9.17) is 0 Å². The van der Waals surface area contributed by atoms with Gasteiger partial charge in [-0.05, 0) is 43.9 Å². The summed E-state index contributed by atoms with van der Waals surface area (Å²) in [4.78, 5) is 24.7. The van der Waals surface area contributed by atoms with Crippen LogP contribution in [0.4, 0.5) is 5.95 Å². The van der Waals surface area contributed by atoms with Gasteiger partial charge < -0.3 is 20.7 Å². The van der Waals surface area contributed by atoms with Gasteiger partial charge in [-0.3, -0.25) is 4.79 Å². The molecule has 2 aromatic heterocycles. The fraction of sp³-hybridized carbons (Fsp3) is 0.318. The Morgan fingerprint density at radius 3 is 2.86 bits per heavy atom. The number of aliphatic hydroxyl groups is 1. The molecular weight excluding hydrogens is 366 g/mol. The number of aliphatic hydroxyl groups excluding tert-OH is 1. The molecule has 1 fully saturated rings. The SMILES string of the molecule is Cc1cccc(C(CO)NC(=O)c2cc(-c3nc(NC4CC4)ncc3C)c[nH]2)c1. The van der Waals surface area contributed by atoms with Gasteiger partial charge in [-0.2, -0.15) is 0 Å². The number of hydrogen-bond donors (Lipinski definition) is 4. The normalized spacial score (nSPS) is 14.4. The molecule has 0 radical (unpaired) electrons. The van der Waals surface area contributed by atoms with Crippen LogP contribution in [-0.2, 0) is 0 Å². The molecule has 1 aliphatic carbocycles. The van der Waals surface area contributed by atoms with Crippen LogP contribution in [0.1, 0.15) is 46.1 Å². The number of H-pyrrole nitrogens is 1. The van der Waals surface area contributed by atoms with Gasteiger partial charge in [0.15, 0.2) is 0 Å². The van der Waals surface area contributed by atoms with Crippen molar-refractivity contribution in [2.75, 3.05) is 11.9 Å². The highest BCUT2D eigenvalue weighted by Gasteiger charge is 2.22. The van der Waals surface area contributed by atoms with E-state index in [9.17, 15) is 9.90 Å². The molecule has 150 valence electrons. The molecule has 7 heteroatoms. The molecule has 1 atom stereocenters. The predicted molar refractivity (Wildman–Crippen MR) is 112 cm³/mol. The smallest absolute Gasteiger partial charge is 0.268 e. The van der Waals surface area contributed by atoms with E-state index in [2.05, 4.69) is 25.6 Å². The van der Waals surface area contributed by atoms with E-state index in [-0.39, 0.29) is 12.5 Å². The lowest BCUT2D eigenvalue weighted by molar-refractivity contribution is 0.0911. The lowest BCUT2D eigenvalue weighted by atomic mass is 10.0. The summed E-state index contributed by atoms with van der Waals surface area (Å²) >= 11 is 0. The van der Waals surface area contributed by atoms with Crippen LogP contribution in [-0.4, -0.2) is 38.6 Å². The van der Waals surface area contributed by atoms with E-state index in [1.54, 1.807) is 18.5 Å². The second kappa shape index (κ2) is 8.05. The van der Waals surface area contributed by atoms with Gasteiger partial charge in [-0.25, -0.2) is 9.97 Å². The third-order valence-corrected chi connectivity index (χ3v) is 5.02. The number of rotatable bonds is 7. The van der Waals surface area contributed by atoms with Crippen molar-refractivity contribution in [2.45, 2.75) is 38.8 Å². The van der Waals surface area contributed by atoms with Crippen LogP contribution >= 0.6 is 0 Å². The number of aromatic amines is 1. The average Bonchev–Trinajstić information content (AvgIpc) is 3.39. The third-order valence-electron chi connectivity index (χ3n) is 5.02. The number of aryl methyl sites for hydroxylation is 2. The van der Waals surface area contributed by atoms with E-state index in [0.717, 1.165) is 40.8 Å². The number of benzene rings is 1. The Hall–Kier alpha value is -3.19. The minimum Gasteiger partial charge on any atom is -0.394 e. The highest BCUT2D eigenvalue weighted by molar-refractivity contribution is 5.94. The molecule has 4 rings (SSSR count). The monoisotopic (exact) mass is 391 g/mol. The van der Waals surface area contributed by atoms with Crippen LogP contribution in [0.2, 0.25) is 0 Å². The molecule has 1 aromatic carbocycles. The number of nitrogens with one attached hydrogen (secondary N) is 3. The molecule has 29 heavy (non-hydrogen) atoms. The van der Waals surface area contributed by atoms with Gasteiger partial charge >= 0.3 is 0 Å². The Balaban J connectivity index is 1.51. The molecule has 2 heterocycles. The molecule has 7 nitrogen and oxygen atoms in total. The summed E-state index contributed by atoms with van der Waals surface area (Å²) in [6, 6.07) is 9.52. The maximum absolute atomic E-state index is 12.7. The van der Waals surface area contributed by atoms with E-state index in [0.29, 0.717) is 17.7 Å². The minimum atomic E-state index is -0.468. The van der Waals surface area contributed by atoms with Crippen molar-refractivity contribution in [1.29, 1.82) is 0 Å². The van der Waals surface area contributed by atoms with Crippen molar-refractivity contribution in [1.82, 2.24) is 20.3 Å². The number of nitrogens with zero attached hydrogens (tertiary/aromatic N) is 2. The lowest BCUT2D eigenvalue weighted by Crippen LogP contribution is -2.31. The molecular formula is C22H25N5O2.